The van der Waals surface area contributed by atoms with E-state index >= 15 is 0 Å². The lowest BCUT2D eigenvalue weighted by atomic mass is 10.1. The molecule has 2 aromatic rings. The highest BCUT2D eigenvalue weighted by molar-refractivity contribution is 5.81. The number of hydrogen-bond donors (Lipinski definition) is 2. The van der Waals surface area contributed by atoms with Gasteiger partial charge in [0.05, 0.1) is 13.2 Å². The molecule has 0 bridgehead atoms. The zero-order valence-electron chi connectivity index (χ0n) is 13.3. The molecule has 1 aromatic heterocycles. The highest BCUT2D eigenvalue weighted by Crippen LogP contribution is 2.09. The van der Waals surface area contributed by atoms with E-state index in [0.717, 1.165) is 24.5 Å². The third-order valence-electron chi connectivity index (χ3n) is 3.97. The number of aromatic nitrogens is 2. The van der Waals surface area contributed by atoms with E-state index in [1.54, 1.807) is 6.20 Å². The number of benzene rings is 1. The second-order valence-corrected chi connectivity index (χ2v) is 5.72. The van der Waals surface area contributed by atoms with E-state index < -0.39 is 0 Å². The summed E-state index contributed by atoms with van der Waals surface area (Å²) in [4.78, 5) is 16.3. The van der Waals surface area contributed by atoms with E-state index in [4.69, 9.17) is 4.74 Å². The van der Waals surface area contributed by atoms with Crippen LogP contribution in [-0.2, 0) is 22.6 Å². The van der Waals surface area contributed by atoms with Gasteiger partial charge in [-0.1, -0.05) is 24.3 Å². The molecule has 0 saturated carbocycles. The van der Waals surface area contributed by atoms with Gasteiger partial charge in [-0.2, -0.15) is 0 Å². The molecule has 1 fully saturated rings. The second-order valence-electron chi connectivity index (χ2n) is 5.72. The van der Waals surface area contributed by atoms with Crippen molar-refractivity contribution in [1.82, 2.24) is 20.2 Å². The first-order chi connectivity index (χ1) is 11.2. The molecule has 0 unspecified atom stereocenters. The molecule has 1 amide bonds. The Balaban J connectivity index is 1.57. The first-order valence-corrected chi connectivity index (χ1v) is 7.87. The topological polar surface area (TPSA) is 68.2 Å². The van der Waals surface area contributed by atoms with Crippen molar-refractivity contribution in [2.24, 2.45) is 0 Å². The predicted molar refractivity (Wildman–Crippen MR) is 87.0 cm³/mol. The summed E-state index contributed by atoms with van der Waals surface area (Å²) in [7, 11) is 0. The fourth-order valence-electron chi connectivity index (χ4n) is 2.65. The predicted octanol–water partition coefficient (Wildman–Crippen LogP) is 0.844. The lowest BCUT2D eigenvalue weighted by Crippen LogP contribution is -2.51. The fraction of sp³-hybridized carbons (Fsp3) is 0.412. The molecule has 0 radical (unpaired) electrons. The molecule has 2 N–H and O–H groups in total. The van der Waals surface area contributed by atoms with Gasteiger partial charge in [0, 0.05) is 32.0 Å². The molecule has 6 heteroatoms. The monoisotopic (exact) mass is 314 g/mol. The minimum Gasteiger partial charge on any atom is -0.378 e. The summed E-state index contributed by atoms with van der Waals surface area (Å²) in [5.74, 6) is 0.979. The molecule has 6 nitrogen and oxygen atoms in total. The quantitative estimate of drug-likeness (QED) is 0.858. The number of amides is 1. The van der Waals surface area contributed by atoms with Crippen molar-refractivity contribution >= 4 is 5.91 Å². The van der Waals surface area contributed by atoms with Crippen LogP contribution in [0.1, 0.15) is 17.0 Å². The molecule has 1 aliphatic rings. The van der Waals surface area contributed by atoms with Gasteiger partial charge in [-0.25, -0.2) is 4.98 Å². The Morgan fingerprint density at radius 3 is 3.09 bits per heavy atom. The van der Waals surface area contributed by atoms with Crippen LogP contribution in [0, 0.1) is 6.92 Å². The summed E-state index contributed by atoms with van der Waals surface area (Å²) in [6.07, 6.45) is 3.77. The number of aryl methyl sites for hydroxylation is 1. The molecule has 122 valence electrons. The lowest BCUT2D eigenvalue weighted by Gasteiger charge is -2.22. The van der Waals surface area contributed by atoms with Crippen LogP contribution < -0.4 is 10.6 Å². The van der Waals surface area contributed by atoms with Crippen LogP contribution in [0.25, 0.3) is 0 Å². The molecule has 1 saturated heterocycles. The van der Waals surface area contributed by atoms with Crippen LogP contribution in [-0.4, -0.2) is 41.3 Å². The Labute approximate surface area is 135 Å². The van der Waals surface area contributed by atoms with Crippen molar-refractivity contribution in [3.8, 4) is 0 Å². The Morgan fingerprint density at radius 1 is 1.48 bits per heavy atom. The van der Waals surface area contributed by atoms with Crippen LogP contribution >= 0.6 is 0 Å². The normalized spacial score (nSPS) is 17.9. The standard InChI is InChI=1S/C17H22N4O2/c1-13-18-5-7-21(13)11-15-4-2-3-14(9-15)10-20-17(22)16-12-23-8-6-19-16/h2-5,7,9,16,19H,6,8,10-12H2,1H3,(H,20,22)/t16-/m1/s1. The van der Waals surface area contributed by atoms with Crippen molar-refractivity contribution in [1.29, 1.82) is 0 Å². The van der Waals surface area contributed by atoms with Crippen LogP contribution in [0.3, 0.4) is 0 Å². The van der Waals surface area contributed by atoms with Gasteiger partial charge >= 0.3 is 0 Å². The van der Waals surface area contributed by atoms with E-state index in [2.05, 4.69) is 32.3 Å². The molecule has 0 spiro atoms. The van der Waals surface area contributed by atoms with E-state index in [0.29, 0.717) is 19.8 Å². The summed E-state index contributed by atoms with van der Waals surface area (Å²) in [5, 5.41) is 6.12. The molecule has 23 heavy (non-hydrogen) atoms. The van der Waals surface area contributed by atoms with E-state index in [1.165, 1.54) is 5.56 Å². The Bertz CT molecular complexity index is 662. The minimum absolute atomic E-state index is 0.0134. The third-order valence-corrected chi connectivity index (χ3v) is 3.97. The summed E-state index contributed by atoms with van der Waals surface area (Å²) in [6.45, 7) is 5.12. The van der Waals surface area contributed by atoms with Gasteiger partial charge in [0.15, 0.2) is 0 Å². The number of morpholine rings is 1. The molecule has 2 heterocycles. The number of nitrogens with zero attached hydrogens (tertiary/aromatic N) is 2. The highest BCUT2D eigenvalue weighted by atomic mass is 16.5. The largest absolute Gasteiger partial charge is 0.378 e. The average molecular weight is 314 g/mol. The van der Waals surface area contributed by atoms with Crippen LogP contribution in [0.4, 0.5) is 0 Å². The average Bonchev–Trinajstić information content (AvgIpc) is 2.99. The van der Waals surface area contributed by atoms with Crippen LogP contribution in [0.2, 0.25) is 0 Å². The first kappa shape index (κ1) is 15.7. The molecule has 3 rings (SSSR count). The van der Waals surface area contributed by atoms with E-state index in [9.17, 15) is 4.79 Å². The summed E-state index contributed by atoms with van der Waals surface area (Å²) in [6, 6.07) is 7.99. The smallest absolute Gasteiger partial charge is 0.239 e. The summed E-state index contributed by atoms with van der Waals surface area (Å²) in [5.41, 5.74) is 2.28. The van der Waals surface area contributed by atoms with Gasteiger partial charge in [0.25, 0.3) is 0 Å². The number of rotatable bonds is 5. The number of imidazole rings is 1. The Morgan fingerprint density at radius 2 is 2.35 bits per heavy atom. The van der Waals surface area contributed by atoms with Crippen molar-refractivity contribution in [2.45, 2.75) is 26.1 Å². The minimum atomic E-state index is -0.250. The Kier molecular flexibility index (Phi) is 5.05. The number of ether oxygens (including phenoxy) is 1. The third kappa shape index (κ3) is 4.18. The first-order valence-electron chi connectivity index (χ1n) is 7.87. The van der Waals surface area contributed by atoms with Crippen LogP contribution in [0.5, 0.6) is 0 Å². The van der Waals surface area contributed by atoms with Gasteiger partial charge in [-0.3, -0.25) is 4.79 Å². The molecule has 1 aliphatic heterocycles. The number of carbonyl (C=O) groups excluding carboxylic acids is 1. The maximum Gasteiger partial charge on any atom is 0.239 e. The van der Waals surface area contributed by atoms with Crippen molar-refractivity contribution in [3.63, 3.8) is 0 Å². The SMILES string of the molecule is Cc1nccn1Cc1cccc(CNC(=O)[C@H]2COCCN2)c1. The molecule has 1 aromatic carbocycles. The van der Waals surface area contributed by atoms with Crippen molar-refractivity contribution in [2.75, 3.05) is 19.8 Å². The van der Waals surface area contributed by atoms with Crippen molar-refractivity contribution in [3.05, 3.63) is 53.6 Å². The van der Waals surface area contributed by atoms with Gasteiger partial charge in [-0.15, -0.1) is 0 Å². The fourth-order valence-corrected chi connectivity index (χ4v) is 2.65. The molecule has 0 aliphatic carbocycles. The van der Waals surface area contributed by atoms with Crippen LogP contribution in [0.15, 0.2) is 36.7 Å². The summed E-state index contributed by atoms with van der Waals surface area (Å²) >= 11 is 0. The molecular formula is C17H22N4O2. The second kappa shape index (κ2) is 7.39. The maximum absolute atomic E-state index is 12.1. The lowest BCUT2D eigenvalue weighted by molar-refractivity contribution is -0.126. The van der Waals surface area contributed by atoms with Gasteiger partial charge in [-0.05, 0) is 18.1 Å². The number of nitrogens with one attached hydrogen (secondary N) is 2. The van der Waals surface area contributed by atoms with Gasteiger partial charge < -0.3 is 19.9 Å². The maximum atomic E-state index is 12.1. The van der Waals surface area contributed by atoms with Crippen molar-refractivity contribution < 1.29 is 9.53 Å². The summed E-state index contributed by atoms with van der Waals surface area (Å²) < 4.78 is 7.41. The van der Waals surface area contributed by atoms with Gasteiger partial charge in [0.2, 0.25) is 5.91 Å². The van der Waals surface area contributed by atoms with E-state index in [-0.39, 0.29) is 11.9 Å². The number of carbonyl (C=O) groups is 1. The highest BCUT2D eigenvalue weighted by Gasteiger charge is 2.20. The number of hydrogen-bond acceptors (Lipinski definition) is 4. The zero-order chi connectivity index (χ0) is 16.1. The Hall–Kier alpha value is -2.18. The van der Waals surface area contributed by atoms with Gasteiger partial charge in [0.1, 0.15) is 11.9 Å². The molecular weight excluding hydrogens is 292 g/mol. The van der Waals surface area contributed by atoms with E-state index in [1.807, 2.05) is 25.3 Å². The zero-order valence-corrected chi connectivity index (χ0v) is 13.3. The molecule has 1 atom stereocenters.